The van der Waals surface area contributed by atoms with E-state index in [0.29, 0.717) is 12.2 Å². The summed E-state index contributed by atoms with van der Waals surface area (Å²) in [6.07, 6.45) is 4.67. The first kappa shape index (κ1) is 14.9. The highest BCUT2D eigenvalue weighted by Crippen LogP contribution is 2.56. The zero-order valence-corrected chi connectivity index (χ0v) is 12.0. The second kappa shape index (κ2) is 4.53. The van der Waals surface area contributed by atoms with Crippen molar-refractivity contribution in [3.05, 3.63) is 23.8 Å². The van der Waals surface area contributed by atoms with E-state index in [0.717, 1.165) is 6.08 Å². The van der Waals surface area contributed by atoms with Crippen LogP contribution in [0.25, 0.3) is 0 Å². The van der Waals surface area contributed by atoms with Crippen molar-refractivity contribution < 1.29 is 24.5 Å². The van der Waals surface area contributed by atoms with Gasteiger partial charge in [-0.05, 0) is 25.5 Å². The Morgan fingerprint density at radius 3 is 2.55 bits per heavy atom. The lowest BCUT2D eigenvalue weighted by Crippen LogP contribution is -2.60. The molecule has 1 aliphatic heterocycles. The van der Waals surface area contributed by atoms with E-state index in [9.17, 15) is 14.7 Å². The molecule has 110 valence electrons. The summed E-state index contributed by atoms with van der Waals surface area (Å²) < 4.78 is 5.71. The zero-order chi connectivity index (χ0) is 15.2. The molecule has 5 heteroatoms. The van der Waals surface area contributed by atoms with Crippen LogP contribution in [0.15, 0.2) is 23.8 Å². The number of ketones is 1. The van der Waals surface area contributed by atoms with Gasteiger partial charge >= 0.3 is 5.97 Å². The molecule has 2 aliphatic rings. The Hall–Kier alpha value is -1.46. The van der Waals surface area contributed by atoms with Crippen molar-refractivity contribution in [2.75, 3.05) is 6.61 Å². The van der Waals surface area contributed by atoms with Gasteiger partial charge in [-0.25, -0.2) is 4.79 Å². The monoisotopic (exact) mass is 280 g/mol. The maximum Gasteiger partial charge on any atom is 0.328 e. The molecule has 0 spiro atoms. The van der Waals surface area contributed by atoms with Gasteiger partial charge in [-0.2, -0.15) is 0 Å². The van der Waals surface area contributed by atoms with Crippen LogP contribution in [0.1, 0.15) is 33.6 Å². The molecule has 2 N–H and O–H groups in total. The predicted molar refractivity (Wildman–Crippen MR) is 72.2 cm³/mol. The average molecular weight is 280 g/mol. The highest BCUT2D eigenvalue weighted by atomic mass is 16.5. The lowest BCUT2D eigenvalue weighted by Gasteiger charge is -2.47. The number of fused-ring (bicyclic) bond motifs is 2. The Morgan fingerprint density at radius 2 is 2.00 bits per heavy atom. The Kier molecular flexibility index (Phi) is 3.38. The Bertz CT molecular complexity index is 496. The minimum absolute atomic E-state index is 0.0865. The lowest BCUT2D eigenvalue weighted by atomic mass is 9.59. The SMILES string of the molecule is CC(=C/C(=O)O)/C=C/[C@@]1(O)[C@@]2(C)CO[C@]1(C)CC(=O)C2. The highest BCUT2D eigenvalue weighted by Gasteiger charge is 2.67. The third kappa shape index (κ3) is 2.11. The van der Waals surface area contributed by atoms with E-state index in [-0.39, 0.29) is 18.6 Å². The first-order chi connectivity index (χ1) is 9.12. The second-order valence-electron chi connectivity index (χ2n) is 6.30. The molecule has 0 amide bonds. The summed E-state index contributed by atoms with van der Waals surface area (Å²) in [5, 5.41) is 19.7. The molecule has 1 saturated heterocycles. The molecule has 20 heavy (non-hydrogen) atoms. The summed E-state index contributed by atoms with van der Waals surface area (Å²) in [5.41, 5.74) is -2.37. The van der Waals surface area contributed by atoms with Crippen LogP contribution in [0.4, 0.5) is 0 Å². The maximum atomic E-state index is 11.8. The summed E-state index contributed by atoms with van der Waals surface area (Å²) in [4.78, 5) is 22.4. The fraction of sp³-hybridized carbons (Fsp3) is 0.600. The van der Waals surface area contributed by atoms with Crippen LogP contribution < -0.4 is 0 Å². The van der Waals surface area contributed by atoms with Crippen LogP contribution in [0.5, 0.6) is 0 Å². The molecule has 5 nitrogen and oxygen atoms in total. The van der Waals surface area contributed by atoms with Crippen LogP contribution in [0.2, 0.25) is 0 Å². The van der Waals surface area contributed by atoms with Gasteiger partial charge in [0, 0.05) is 24.3 Å². The molecule has 0 aromatic rings. The third-order valence-corrected chi connectivity index (χ3v) is 4.50. The standard InChI is InChI=1S/C15H20O5/c1-10(6-12(17)18)4-5-15(19)13(2)7-11(16)8-14(15,3)20-9-13/h4-6,19H,7-9H2,1-3H3,(H,17,18)/b5-4+,10-6-/t13-,14-,15-/m1/s1. The van der Waals surface area contributed by atoms with Crippen LogP contribution in [0.3, 0.4) is 0 Å². The van der Waals surface area contributed by atoms with Gasteiger partial charge in [0.15, 0.2) is 0 Å². The summed E-state index contributed by atoms with van der Waals surface area (Å²) in [6.45, 7) is 5.53. The van der Waals surface area contributed by atoms with Gasteiger partial charge in [-0.15, -0.1) is 0 Å². The molecule has 0 radical (unpaired) electrons. The first-order valence-corrected chi connectivity index (χ1v) is 6.60. The number of carbonyl (C=O) groups is 2. The topological polar surface area (TPSA) is 83.8 Å². The van der Waals surface area contributed by atoms with Crippen molar-refractivity contribution in [2.45, 2.75) is 44.8 Å². The van der Waals surface area contributed by atoms with E-state index in [2.05, 4.69) is 0 Å². The van der Waals surface area contributed by atoms with Gasteiger partial charge in [-0.1, -0.05) is 13.0 Å². The molecule has 3 atom stereocenters. The summed E-state index contributed by atoms with van der Waals surface area (Å²) in [5.74, 6) is -0.946. The van der Waals surface area contributed by atoms with E-state index >= 15 is 0 Å². The molecule has 2 fully saturated rings. The lowest BCUT2D eigenvalue weighted by molar-refractivity contribution is -0.151. The zero-order valence-electron chi connectivity index (χ0n) is 12.0. The fourth-order valence-corrected chi connectivity index (χ4v) is 3.29. The molecule has 1 saturated carbocycles. The van der Waals surface area contributed by atoms with Crippen molar-refractivity contribution in [2.24, 2.45) is 5.41 Å². The van der Waals surface area contributed by atoms with E-state index in [1.54, 1.807) is 26.0 Å². The number of aliphatic hydroxyl groups is 1. The highest BCUT2D eigenvalue weighted by molar-refractivity contribution is 5.83. The predicted octanol–water partition coefficient (Wildman–Crippen LogP) is 1.46. The van der Waals surface area contributed by atoms with Crippen molar-refractivity contribution >= 4 is 11.8 Å². The number of hydrogen-bond acceptors (Lipinski definition) is 4. The fourth-order valence-electron chi connectivity index (χ4n) is 3.29. The Morgan fingerprint density at radius 1 is 1.35 bits per heavy atom. The normalized spacial score (nSPS) is 41.4. The quantitative estimate of drug-likeness (QED) is 0.604. The number of carbonyl (C=O) groups excluding carboxylic acids is 1. The van der Waals surface area contributed by atoms with E-state index < -0.39 is 22.6 Å². The molecule has 0 unspecified atom stereocenters. The summed E-state index contributed by atoms with van der Waals surface area (Å²) >= 11 is 0. The molecule has 2 rings (SSSR count). The average Bonchev–Trinajstić information content (AvgIpc) is 2.43. The number of carboxylic acids is 1. The van der Waals surface area contributed by atoms with E-state index in [1.165, 1.54) is 0 Å². The minimum atomic E-state index is -1.28. The molecular weight excluding hydrogens is 260 g/mol. The maximum absolute atomic E-state index is 11.8. The van der Waals surface area contributed by atoms with Crippen molar-refractivity contribution in [3.8, 4) is 0 Å². The van der Waals surface area contributed by atoms with Gasteiger partial charge in [0.2, 0.25) is 0 Å². The summed E-state index contributed by atoms with van der Waals surface area (Å²) in [7, 11) is 0. The van der Waals surface area contributed by atoms with Crippen LogP contribution in [-0.4, -0.2) is 39.8 Å². The number of hydrogen-bond donors (Lipinski definition) is 2. The van der Waals surface area contributed by atoms with Crippen LogP contribution in [0, 0.1) is 5.41 Å². The summed E-state index contributed by atoms with van der Waals surface area (Å²) in [6, 6.07) is 0. The number of Topliss-reactive ketones (excluding diaryl/α,β-unsaturated/α-hetero) is 1. The van der Waals surface area contributed by atoms with Crippen molar-refractivity contribution in [3.63, 3.8) is 0 Å². The smallest absolute Gasteiger partial charge is 0.328 e. The Labute approximate surface area is 117 Å². The largest absolute Gasteiger partial charge is 0.478 e. The Balaban J connectivity index is 2.36. The molecule has 1 heterocycles. The van der Waals surface area contributed by atoms with Gasteiger partial charge in [0.1, 0.15) is 17.0 Å². The minimum Gasteiger partial charge on any atom is -0.478 e. The number of aliphatic carboxylic acids is 1. The molecular formula is C15H20O5. The third-order valence-electron chi connectivity index (χ3n) is 4.50. The number of carboxylic acid groups (broad SMARTS) is 1. The molecule has 2 bridgehead atoms. The van der Waals surface area contributed by atoms with E-state index in [4.69, 9.17) is 9.84 Å². The van der Waals surface area contributed by atoms with Gasteiger partial charge < -0.3 is 14.9 Å². The number of rotatable bonds is 3. The number of ether oxygens (including phenoxy) is 1. The van der Waals surface area contributed by atoms with Crippen LogP contribution in [-0.2, 0) is 14.3 Å². The molecule has 0 aromatic carbocycles. The van der Waals surface area contributed by atoms with Gasteiger partial charge in [-0.3, -0.25) is 4.79 Å². The first-order valence-electron chi connectivity index (χ1n) is 6.60. The number of allylic oxidation sites excluding steroid dienone is 2. The molecule has 1 aliphatic carbocycles. The van der Waals surface area contributed by atoms with Crippen molar-refractivity contribution in [1.82, 2.24) is 0 Å². The molecule has 0 aromatic heterocycles. The van der Waals surface area contributed by atoms with E-state index in [1.807, 2.05) is 6.92 Å². The van der Waals surface area contributed by atoms with Crippen LogP contribution >= 0.6 is 0 Å². The van der Waals surface area contributed by atoms with Crippen molar-refractivity contribution in [1.29, 1.82) is 0 Å². The van der Waals surface area contributed by atoms with Gasteiger partial charge in [0.25, 0.3) is 0 Å². The second-order valence-corrected chi connectivity index (χ2v) is 6.30. The van der Waals surface area contributed by atoms with Gasteiger partial charge in [0.05, 0.1) is 6.61 Å².